The van der Waals surface area contributed by atoms with Gasteiger partial charge in [-0.15, -0.1) is 0 Å². The quantitative estimate of drug-likeness (QED) is 0.179. The number of para-hydroxylation sites is 1. The molecular formula is C57H34N2O. The molecule has 60 heavy (non-hydrogen) atoms. The highest BCUT2D eigenvalue weighted by molar-refractivity contribution is 6.15. The summed E-state index contributed by atoms with van der Waals surface area (Å²) in [6.45, 7) is 0. The zero-order valence-electron chi connectivity index (χ0n) is 32.4. The van der Waals surface area contributed by atoms with Gasteiger partial charge in [0.15, 0.2) is 5.82 Å². The largest absolute Gasteiger partial charge is 0.457 e. The Balaban J connectivity index is 0.947. The van der Waals surface area contributed by atoms with Crippen LogP contribution in [0.4, 0.5) is 0 Å². The van der Waals surface area contributed by atoms with Crippen molar-refractivity contribution < 1.29 is 4.74 Å². The number of aromatic nitrogens is 2. The predicted molar refractivity (Wildman–Crippen MR) is 243 cm³/mol. The van der Waals surface area contributed by atoms with E-state index >= 15 is 0 Å². The number of ether oxygens (including phenoxy) is 1. The smallest absolute Gasteiger partial charge is 0.160 e. The van der Waals surface area contributed by atoms with Crippen molar-refractivity contribution in [3.05, 3.63) is 229 Å². The number of rotatable bonds is 4. The standard InChI is InChI=1S/C57H34N2O/c1-2-12-38(13-3-1)56-58-51(36-26-24-35(25-27-36)39-28-30-41-44-18-10-14-37-15-11-19-45(55(37)44)46(41)32-39)34-52(59-56)40-29-31-54-50(33-40)57(49-22-8-9-23-53(49)60-54)47-20-6-4-16-42(47)43-17-5-7-21-48(43)57/h1-34H. The molecule has 0 fully saturated rings. The van der Waals surface area contributed by atoms with Crippen LogP contribution < -0.4 is 4.74 Å². The number of fused-ring (bicyclic) bond motifs is 12. The van der Waals surface area contributed by atoms with E-state index in [2.05, 4.69) is 188 Å². The molecule has 3 aliphatic rings. The van der Waals surface area contributed by atoms with Crippen molar-refractivity contribution in [2.75, 3.05) is 0 Å². The van der Waals surface area contributed by atoms with E-state index in [4.69, 9.17) is 14.7 Å². The molecule has 0 unspecified atom stereocenters. The summed E-state index contributed by atoms with van der Waals surface area (Å²) in [4.78, 5) is 10.5. The van der Waals surface area contributed by atoms with Gasteiger partial charge in [0.2, 0.25) is 0 Å². The first kappa shape index (κ1) is 33.1. The lowest BCUT2D eigenvalue weighted by Crippen LogP contribution is -2.32. The zero-order chi connectivity index (χ0) is 39.4. The van der Waals surface area contributed by atoms with Crippen LogP contribution in [0.25, 0.3) is 89.2 Å². The van der Waals surface area contributed by atoms with E-state index in [1.807, 2.05) is 18.2 Å². The second-order valence-electron chi connectivity index (χ2n) is 16.0. The van der Waals surface area contributed by atoms with Crippen LogP contribution in [0.3, 0.4) is 0 Å². The van der Waals surface area contributed by atoms with Gasteiger partial charge in [0, 0.05) is 27.8 Å². The number of hydrogen-bond acceptors (Lipinski definition) is 3. The molecular weight excluding hydrogens is 729 g/mol. The van der Waals surface area contributed by atoms with Crippen LogP contribution in [0, 0.1) is 0 Å². The van der Waals surface area contributed by atoms with Crippen LogP contribution >= 0.6 is 0 Å². The number of hydrogen-bond donors (Lipinski definition) is 0. The van der Waals surface area contributed by atoms with E-state index in [1.165, 1.54) is 66.4 Å². The number of benzene rings is 9. The zero-order valence-corrected chi connectivity index (χ0v) is 32.4. The molecule has 0 amide bonds. The van der Waals surface area contributed by atoms with E-state index in [-0.39, 0.29) is 0 Å². The normalized spacial score (nSPS) is 13.3. The molecule has 0 saturated carbocycles. The van der Waals surface area contributed by atoms with Gasteiger partial charge in [0.05, 0.1) is 16.8 Å². The fraction of sp³-hybridized carbons (Fsp3) is 0.0175. The fourth-order valence-electron chi connectivity index (χ4n) is 10.3. The Labute approximate surface area is 347 Å². The van der Waals surface area contributed by atoms with Gasteiger partial charge >= 0.3 is 0 Å². The third kappa shape index (κ3) is 4.66. The second kappa shape index (κ2) is 12.6. The molecule has 13 rings (SSSR count). The van der Waals surface area contributed by atoms with Gasteiger partial charge in [-0.2, -0.15) is 0 Å². The van der Waals surface area contributed by atoms with Crippen LogP contribution in [0.5, 0.6) is 11.5 Å². The molecule has 10 aromatic rings. The van der Waals surface area contributed by atoms with E-state index in [0.29, 0.717) is 5.82 Å². The molecule has 0 N–H and O–H groups in total. The molecule has 2 aliphatic carbocycles. The maximum absolute atomic E-state index is 6.74. The topological polar surface area (TPSA) is 35.0 Å². The molecule has 1 aliphatic heterocycles. The molecule has 2 heterocycles. The maximum Gasteiger partial charge on any atom is 0.160 e. The Morgan fingerprint density at radius 3 is 1.63 bits per heavy atom. The molecule has 1 aromatic heterocycles. The van der Waals surface area contributed by atoms with Crippen molar-refractivity contribution in [2.24, 2.45) is 0 Å². The highest BCUT2D eigenvalue weighted by atomic mass is 16.5. The summed E-state index contributed by atoms with van der Waals surface area (Å²) in [6.07, 6.45) is 0. The molecule has 3 nitrogen and oxygen atoms in total. The third-order valence-electron chi connectivity index (χ3n) is 12.9. The molecule has 9 aromatic carbocycles. The predicted octanol–water partition coefficient (Wildman–Crippen LogP) is 14.4. The van der Waals surface area contributed by atoms with Crippen molar-refractivity contribution in [3.8, 4) is 89.9 Å². The van der Waals surface area contributed by atoms with Crippen LogP contribution in [0.2, 0.25) is 0 Å². The molecule has 1 spiro atoms. The summed E-state index contributed by atoms with van der Waals surface area (Å²) in [5.41, 5.74) is 19.0. The number of nitrogens with zero attached hydrogens (tertiary/aromatic N) is 2. The summed E-state index contributed by atoms with van der Waals surface area (Å²) in [6, 6.07) is 74.1. The van der Waals surface area contributed by atoms with E-state index in [1.54, 1.807) is 0 Å². The Morgan fingerprint density at radius 2 is 0.883 bits per heavy atom. The van der Waals surface area contributed by atoms with E-state index in [9.17, 15) is 0 Å². The third-order valence-corrected chi connectivity index (χ3v) is 12.9. The van der Waals surface area contributed by atoms with Crippen molar-refractivity contribution in [1.82, 2.24) is 9.97 Å². The van der Waals surface area contributed by atoms with Gasteiger partial charge in [0.1, 0.15) is 11.5 Å². The van der Waals surface area contributed by atoms with Gasteiger partial charge in [0.25, 0.3) is 0 Å². The van der Waals surface area contributed by atoms with Gasteiger partial charge in [-0.3, -0.25) is 0 Å². The summed E-state index contributed by atoms with van der Waals surface area (Å²) in [7, 11) is 0. The Hall–Kier alpha value is -7.88. The Kier molecular flexibility index (Phi) is 6.93. The first-order valence-electron chi connectivity index (χ1n) is 20.6. The second-order valence-corrected chi connectivity index (χ2v) is 16.0. The summed E-state index contributed by atoms with van der Waals surface area (Å²) in [5, 5.41) is 2.63. The molecule has 3 heteroatoms. The average Bonchev–Trinajstić information content (AvgIpc) is 3.80. The first-order chi connectivity index (χ1) is 29.7. The van der Waals surface area contributed by atoms with Gasteiger partial charge in [-0.05, 0) is 103 Å². The first-order valence-corrected chi connectivity index (χ1v) is 20.6. The molecule has 278 valence electrons. The van der Waals surface area contributed by atoms with Gasteiger partial charge in [-0.1, -0.05) is 170 Å². The van der Waals surface area contributed by atoms with Crippen molar-refractivity contribution in [2.45, 2.75) is 5.41 Å². The minimum Gasteiger partial charge on any atom is -0.457 e. The molecule has 0 saturated heterocycles. The van der Waals surface area contributed by atoms with Crippen molar-refractivity contribution in [1.29, 1.82) is 0 Å². The van der Waals surface area contributed by atoms with E-state index < -0.39 is 5.41 Å². The molecule has 0 radical (unpaired) electrons. The lowest BCUT2D eigenvalue weighted by Gasteiger charge is -2.39. The Morgan fingerprint density at radius 1 is 0.317 bits per heavy atom. The monoisotopic (exact) mass is 762 g/mol. The minimum atomic E-state index is -0.561. The fourth-order valence-corrected chi connectivity index (χ4v) is 10.3. The summed E-state index contributed by atoms with van der Waals surface area (Å²) < 4.78 is 6.74. The lowest BCUT2D eigenvalue weighted by molar-refractivity contribution is 0.436. The van der Waals surface area contributed by atoms with Crippen LogP contribution in [-0.4, -0.2) is 9.97 Å². The van der Waals surface area contributed by atoms with Crippen molar-refractivity contribution >= 4 is 10.8 Å². The van der Waals surface area contributed by atoms with Gasteiger partial charge in [-0.25, -0.2) is 9.97 Å². The SMILES string of the molecule is c1ccc(-c2nc(-c3ccc(-c4ccc5c(c4)-c4cccc6cccc-5c46)cc3)cc(-c3ccc4c(c3)C3(c5ccccc5O4)c4ccccc4-c4ccccc43)n2)cc1. The van der Waals surface area contributed by atoms with Crippen LogP contribution in [0.15, 0.2) is 206 Å². The highest BCUT2D eigenvalue weighted by Crippen LogP contribution is 2.62. The molecule has 0 bridgehead atoms. The maximum atomic E-state index is 6.74. The summed E-state index contributed by atoms with van der Waals surface area (Å²) >= 11 is 0. The van der Waals surface area contributed by atoms with Gasteiger partial charge < -0.3 is 4.74 Å². The van der Waals surface area contributed by atoms with E-state index in [0.717, 1.165) is 50.7 Å². The average molecular weight is 763 g/mol. The molecule has 0 atom stereocenters. The van der Waals surface area contributed by atoms with Crippen LogP contribution in [0.1, 0.15) is 22.3 Å². The minimum absolute atomic E-state index is 0.561. The Bertz CT molecular complexity index is 3350. The lowest BCUT2D eigenvalue weighted by atomic mass is 9.66. The van der Waals surface area contributed by atoms with Crippen LogP contribution in [-0.2, 0) is 5.41 Å². The van der Waals surface area contributed by atoms with Crippen molar-refractivity contribution in [3.63, 3.8) is 0 Å². The highest BCUT2D eigenvalue weighted by Gasteiger charge is 2.51. The summed E-state index contributed by atoms with van der Waals surface area (Å²) in [5.74, 6) is 2.42.